The quantitative estimate of drug-likeness (QED) is 0.714. The molecule has 3 fully saturated rings. The Bertz CT molecular complexity index is 277. The molecule has 2 heterocycles. The topological polar surface area (TPSA) is 20.3 Å². The highest BCUT2D eigenvalue weighted by molar-refractivity contribution is 5.80. The monoisotopic (exact) mass is 221 g/mol. The molecule has 90 valence electrons. The van der Waals surface area contributed by atoms with Gasteiger partial charge in [-0.2, -0.15) is 0 Å². The minimum Gasteiger partial charge on any atom is -0.300 e. The van der Waals surface area contributed by atoms with Crippen LogP contribution in [0.5, 0.6) is 0 Å². The van der Waals surface area contributed by atoms with E-state index in [0.29, 0.717) is 23.3 Å². The summed E-state index contributed by atoms with van der Waals surface area (Å²) in [4.78, 5) is 14.2. The number of rotatable bonds is 2. The van der Waals surface area contributed by atoms with Crippen molar-refractivity contribution >= 4 is 5.78 Å². The molecule has 2 nitrogen and oxygen atoms in total. The number of carbonyl (C=O) groups is 1. The first-order valence-electron chi connectivity index (χ1n) is 6.94. The fourth-order valence-corrected chi connectivity index (χ4v) is 4.15. The smallest absolute Gasteiger partial charge is 0.136 e. The Balaban J connectivity index is 1.69. The molecule has 0 aromatic heterocycles. The molecule has 3 rings (SSSR count). The van der Waals surface area contributed by atoms with Gasteiger partial charge in [0.15, 0.2) is 0 Å². The summed E-state index contributed by atoms with van der Waals surface area (Å²) in [6.07, 6.45) is 9.85. The van der Waals surface area contributed by atoms with Crippen molar-refractivity contribution in [3.05, 3.63) is 0 Å². The second-order valence-electron chi connectivity index (χ2n) is 6.52. The van der Waals surface area contributed by atoms with E-state index < -0.39 is 0 Å². The minimum absolute atomic E-state index is 0.514. The largest absolute Gasteiger partial charge is 0.300 e. The first kappa shape index (κ1) is 10.8. The van der Waals surface area contributed by atoms with Crippen LogP contribution >= 0.6 is 0 Å². The Morgan fingerprint density at radius 2 is 1.75 bits per heavy atom. The van der Waals surface area contributed by atoms with E-state index in [4.69, 9.17) is 0 Å². The number of hydrogen-bond acceptors (Lipinski definition) is 2. The van der Waals surface area contributed by atoms with Crippen LogP contribution in [-0.4, -0.2) is 29.3 Å². The lowest BCUT2D eigenvalue weighted by Gasteiger charge is -2.39. The molecule has 3 aliphatic rings. The van der Waals surface area contributed by atoms with Crippen molar-refractivity contribution in [2.75, 3.05) is 6.54 Å². The number of hydrogen-bond donors (Lipinski definition) is 0. The molecule has 2 aliphatic heterocycles. The summed E-state index contributed by atoms with van der Waals surface area (Å²) < 4.78 is 0. The second kappa shape index (κ2) is 3.83. The maximum absolute atomic E-state index is 11.6. The van der Waals surface area contributed by atoms with Crippen LogP contribution in [-0.2, 0) is 4.79 Å². The highest BCUT2D eigenvalue weighted by Crippen LogP contribution is 2.42. The third-order valence-electron chi connectivity index (χ3n) is 5.07. The molecule has 0 aromatic rings. The minimum atomic E-state index is 0.514. The molecule has 2 bridgehead atoms. The summed E-state index contributed by atoms with van der Waals surface area (Å²) in [7, 11) is 0. The van der Waals surface area contributed by atoms with Gasteiger partial charge in [-0.1, -0.05) is 19.8 Å². The summed E-state index contributed by atoms with van der Waals surface area (Å²) in [5.74, 6) is 0.514. The molecule has 2 unspecified atom stereocenters. The van der Waals surface area contributed by atoms with Crippen molar-refractivity contribution in [2.45, 2.75) is 70.4 Å². The zero-order valence-corrected chi connectivity index (χ0v) is 10.4. The maximum Gasteiger partial charge on any atom is 0.136 e. The van der Waals surface area contributed by atoms with Gasteiger partial charge in [-0.25, -0.2) is 0 Å². The Morgan fingerprint density at radius 3 is 2.31 bits per heavy atom. The number of carbonyl (C=O) groups excluding carboxylic acids is 1. The van der Waals surface area contributed by atoms with Gasteiger partial charge in [0.25, 0.3) is 0 Å². The van der Waals surface area contributed by atoms with E-state index in [-0.39, 0.29) is 0 Å². The van der Waals surface area contributed by atoms with Crippen molar-refractivity contribution in [3.63, 3.8) is 0 Å². The highest BCUT2D eigenvalue weighted by Gasteiger charge is 2.43. The first-order chi connectivity index (χ1) is 7.66. The number of nitrogens with zero attached hydrogens (tertiary/aromatic N) is 1. The number of piperidine rings is 1. The van der Waals surface area contributed by atoms with Gasteiger partial charge in [0.1, 0.15) is 5.78 Å². The summed E-state index contributed by atoms with van der Waals surface area (Å²) in [6, 6.07) is 1.20. The molecule has 0 aromatic carbocycles. The molecular weight excluding hydrogens is 198 g/mol. The lowest BCUT2D eigenvalue weighted by Crippen LogP contribution is -2.47. The summed E-state index contributed by atoms with van der Waals surface area (Å²) >= 11 is 0. The first-order valence-corrected chi connectivity index (χ1v) is 6.94. The van der Waals surface area contributed by atoms with E-state index in [1.165, 1.54) is 45.1 Å². The van der Waals surface area contributed by atoms with Gasteiger partial charge < -0.3 is 0 Å². The standard InChI is InChI=1S/C14H23NO/c1-14(6-2-3-7-14)10-15-11-4-5-12(15)9-13(16)8-11/h11-12H,2-10H2,1H3. The molecule has 0 N–H and O–H groups in total. The third kappa shape index (κ3) is 1.81. The van der Waals surface area contributed by atoms with E-state index >= 15 is 0 Å². The van der Waals surface area contributed by atoms with E-state index in [0.717, 1.165) is 12.8 Å². The predicted molar refractivity (Wildman–Crippen MR) is 64.3 cm³/mol. The molecule has 2 atom stereocenters. The van der Waals surface area contributed by atoms with E-state index in [1.54, 1.807) is 0 Å². The van der Waals surface area contributed by atoms with Crippen molar-refractivity contribution in [1.82, 2.24) is 4.90 Å². The fourth-order valence-electron chi connectivity index (χ4n) is 4.15. The molecule has 0 radical (unpaired) electrons. The fraction of sp³-hybridized carbons (Fsp3) is 0.929. The molecular formula is C14H23NO. The average Bonchev–Trinajstić information content (AvgIpc) is 2.72. The van der Waals surface area contributed by atoms with Gasteiger partial charge in [0.2, 0.25) is 0 Å². The Kier molecular flexibility index (Phi) is 2.58. The lowest BCUT2D eigenvalue weighted by atomic mass is 9.86. The molecule has 0 spiro atoms. The van der Waals surface area contributed by atoms with Crippen molar-refractivity contribution in [3.8, 4) is 0 Å². The van der Waals surface area contributed by atoms with Crippen LogP contribution in [0.15, 0.2) is 0 Å². The van der Waals surface area contributed by atoms with E-state index in [9.17, 15) is 4.79 Å². The van der Waals surface area contributed by atoms with Crippen molar-refractivity contribution in [1.29, 1.82) is 0 Å². The highest BCUT2D eigenvalue weighted by atomic mass is 16.1. The van der Waals surface area contributed by atoms with Crippen LogP contribution in [0.3, 0.4) is 0 Å². The second-order valence-corrected chi connectivity index (χ2v) is 6.52. The number of Topliss-reactive ketones (excluding diaryl/α,β-unsaturated/α-hetero) is 1. The Morgan fingerprint density at radius 1 is 1.19 bits per heavy atom. The Labute approximate surface area is 98.4 Å². The van der Waals surface area contributed by atoms with Gasteiger partial charge >= 0.3 is 0 Å². The molecule has 2 heteroatoms. The number of ketones is 1. The SMILES string of the molecule is CC1(CN2C3CCC2CC(=O)C3)CCCC1. The van der Waals surface area contributed by atoms with Crippen LogP contribution in [0.4, 0.5) is 0 Å². The van der Waals surface area contributed by atoms with Crippen LogP contribution in [0.2, 0.25) is 0 Å². The van der Waals surface area contributed by atoms with Crippen LogP contribution in [0.1, 0.15) is 58.3 Å². The molecule has 1 saturated carbocycles. The van der Waals surface area contributed by atoms with Crippen LogP contribution in [0.25, 0.3) is 0 Å². The van der Waals surface area contributed by atoms with E-state index in [2.05, 4.69) is 11.8 Å². The molecule has 1 aliphatic carbocycles. The summed E-state index contributed by atoms with van der Waals surface area (Å²) in [5, 5.41) is 0. The van der Waals surface area contributed by atoms with Crippen molar-refractivity contribution in [2.24, 2.45) is 5.41 Å². The zero-order valence-electron chi connectivity index (χ0n) is 10.4. The summed E-state index contributed by atoms with van der Waals surface area (Å²) in [5.41, 5.74) is 0.557. The van der Waals surface area contributed by atoms with Crippen LogP contribution in [0, 0.1) is 5.41 Å². The normalized spacial score (nSPS) is 38.2. The van der Waals surface area contributed by atoms with E-state index in [1.807, 2.05) is 0 Å². The van der Waals surface area contributed by atoms with Gasteiger partial charge in [-0.15, -0.1) is 0 Å². The summed E-state index contributed by atoms with van der Waals surface area (Å²) in [6.45, 7) is 3.71. The van der Waals surface area contributed by atoms with Gasteiger partial charge in [-0.3, -0.25) is 9.69 Å². The number of fused-ring (bicyclic) bond motifs is 2. The molecule has 16 heavy (non-hydrogen) atoms. The van der Waals surface area contributed by atoms with Crippen LogP contribution < -0.4 is 0 Å². The molecule has 0 amide bonds. The Hall–Kier alpha value is -0.370. The van der Waals surface area contributed by atoms with Gasteiger partial charge in [0, 0.05) is 31.5 Å². The molecule has 2 saturated heterocycles. The van der Waals surface area contributed by atoms with Crippen molar-refractivity contribution < 1.29 is 4.79 Å². The van der Waals surface area contributed by atoms with Gasteiger partial charge in [-0.05, 0) is 31.1 Å². The average molecular weight is 221 g/mol. The predicted octanol–water partition coefficient (Wildman–Crippen LogP) is 2.76. The van der Waals surface area contributed by atoms with Gasteiger partial charge in [0.05, 0.1) is 0 Å². The maximum atomic E-state index is 11.6. The zero-order chi connectivity index (χ0) is 11.2. The third-order valence-corrected chi connectivity index (χ3v) is 5.07. The lowest BCUT2D eigenvalue weighted by molar-refractivity contribution is -0.124.